The average Bonchev–Trinajstić information content (AvgIpc) is 3.71. The maximum absolute atomic E-state index is 12.7. The largest absolute Gasteiger partial charge is 0.507 e. The van der Waals surface area contributed by atoms with Crippen LogP contribution < -0.4 is 0 Å². The monoisotopic (exact) mass is 849 g/mol. The van der Waals surface area contributed by atoms with Crippen molar-refractivity contribution in [2.24, 2.45) is 0 Å². The summed E-state index contributed by atoms with van der Waals surface area (Å²) in [7, 11) is 0. The van der Waals surface area contributed by atoms with E-state index in [1.807, 2.05) is 12.1 Å². The number of hydrogen-bond donors (Lipinski definition) is 1. The average molecular weight is 849 g/mol. The molecule has 4 heteroatoms. The van der Waals surface area contributed by atoms with E-state index in [1.54, 1.807) is 12.3 Å². The van der Waals surface area contributed by atoms with Crippen molar-refractivity contribution in [2.45, 2.75) is 118 Å². The highest BCUT2D eigenvalue weighted by molar-refractivity contribution is 5.98. The lowest BCUT2D eigenvalue weighted by Crippen LogP contribution is -2.21. The topological polar surface area (TPSA) is 50.9 Å². The maximum atomic E-state index is 12.7. The number of aromatic nitrogens is 3. The van der Waals surface area contributed by atoms with Gasteiger partial charge in [-0.2, -0.15) is 0 Å². The first-order chi connectivity index (χ1) is 32.4. The number of phenolic OH excluding ortho intramolecular Hbond substituents is 1. The van der Waals surface area contributed by atoms with Gasteiger partial charge in [-0.3, -0.25) is 9.55 Å². The molecular weight excluding hydrogens is 779 g/mol. The molecule has 326 valence electrons. The Morgan fingerprint density at radius 2 is 1.22 bits per heavy atom. The lowest BCUT2D eigenvalue weighted by molar-refractivity contribution is 0.426. The number of rotatable bonds is 10. The van der Waals surface area contributed by atoms with Crippen LogP contribution in [0.4, 0.5) is 0 Å². The smallest absolute Gasteiger partial charge is 0.149 e. The van der Waals surface area contributed by atoms with Crippen molar-refractivity contribution in [3.8, 4) is 67.5 Å². The summed E-state index contributed by atoms with van der Waals surface area (Å²) in [6, 6.07) is 36.1. The molecule has 6 aromatic carbocycles. The molecule has 0 spiro atoms. The summed E-state index contributed by atoms with van der Waals surface area (Å²) in [5.74, 6) is 0.864. The van der Waals surface area contributed by atoms with Crippen LogP contribution in [0, 0.1) is 0 Å². The van der Waals surface area contributed by atoms with Crippen LogP contribution in [0.25, 0.3) is 72.7 Å². The molecule has 0 atom stereocenters. The van der Waals surface area contributed by atoms with E-state index < -0.39 is 6.04 Å². The summed E-state index contributed by atoms with van der Waals surface area (Å²) < 4.78 is 44.6. The molecule has 0 aliphatic carbocycles. The molecule has 64 heavy (non-hydrogen) atoms. The van der Waals surface area contributed by atoms with E-state index in [2.05, 4.69) is 179 Å². The van der Waals surface area contributed by atoms with Crippen LogP contribution in [0.5, 0.6) is 5.75 Å². The van der Waals surface area contributed by atoms with E-state index >= 15 is 0 Å². The zero-order chi connectivity index (χ0) is 50.1. The molecule has 8 aromatic rings. The molecule has 0 amide bonds. The van der Waals surface area contributed by atoms with Crippen LogP contribution in [0.2, 0.25) is 0 Å². The standard InChI is InChI=1S/C60H65N3O/c1-13-59(9,10)46-37-49(55(64)50(38-46)60(11,12)14-2)56-62-54-47(26-21-27-53(54)63(56)52-29-28-44(57(3,4)5)36-48(52)40-24-19-16-20-25-40)42-32-43(34-45(33-42)58(6,7)8)51-35-41(30-31-61-51)39-22-17-15-18-23-39/h15-38,64H,13-14H2,1-12H3/i15D,17D,18D,22D,23D. The first-order valence-corrected chi connectivity index (χ1v) is 22.7. The van der Waals surface area contributed by atoms with Crippen LogP contribution in [-0.4, -0.2) is 19.6 Å². The molecule has 4 nitrogen and oxygen atoms in total. The summed E-state index contributed by atoms with van der Waals surface area (Å²) in [5.41, 5.74) is 12.6. The van der Waals surface area contributed by atoms with Gasteiger partial charge in [0.1, 0.15) is 11.6 Å². The van der Waals surface area contributed by atoms with E-state index in [1.165, 1.54) is 5.56 Å². The van der Waals surface area contributed by atoms with Crippen LogP contribution in [0.1, 0.15) is 125 Å². The summed E-state index contributed by atoms with van der Waals surface area (Å²) in [6.07, 6.45) is 3.37. The van der Waals surface area contributed by atoms with Gasteiger partial charge < -0.3 is 5.11 Å². The van der Waals surface area contributed by atoms with Crippen LogP contribution in [-0.2, 0) is 21.7 Å². The number of phenols is 1. The minimum Gasteiger partial charge on any atom is -0.507 e. The number of fused-ring (bicyclic) bond motifs is 1. The van der Waals surface area contributed by atoms with Gasteiger partial charge in [-0.15, -0.1) is 0 Å². The third-order valence-corrected chi connectivity index (χ3v) is 13.5. The van der Waals surface area contributed by atoms with Gasteiger partial charge in [0, 0.05) is 28.5 Å². The molecule has 0 radical (unpaired) electrons. The van der Waals surface area contributed by atoms with E-state index in [-0.39, 0.29) is 57.1 Å². The number of benzene rings is 6. The van der Waals surface area contributed by atoms with Gasteiger partial charge >= 0.3 is 0 Å². The molecule has 0 unspecified atom stereocenters. The fraction of sp³-hybridized carbons (Fsp3) is 0.300. The molecule has 8 rings (SSSR count). The van der Waals surface area contributed by atoms with Crippen molar-refractivity contribution in [3.05, 3.63) is 168 Å². The van der Waals surface area contributed by atoms with Crippen molar-refractivity contribution < 1.29 is 12.0 Å². The second-order valence-corrected chi connectivity index (χ2v) is 20.7. The molecule has 0 aliphatic rings. The third kappa shape index (κ3) is 8.43. The SMILES string of the molecule is [2H]c1c([2H])c([2H])c(-c2ccnc(-c3cc(-c4cccc5c4nc(-c4cc(C(C)(C)CC)cc(C(C)(C)CC)c4O)n5-c4ccc(C(C)(C)C)cc4-c4ccccc4)cc(C(C)(C)C)c3)c2)c([2H])c1[2H]. The summed E-state index contributed by atoms with van der Waals surface area (Å²) >= 11 is 0. The van der Waals surface area contributed by atoms with Crippen LogP contribution in [0.15, 0.2) is 146 Å². The normalized spacial score (nSPS) is 13.7. The van der Waals surface area contributed by atoms with Crippen molar-refractivity contribution in [2.75, 3.05) is 0 Å². The highest BCUT2D eigenvalue weighted by Gasteiger charge is 2.32. The zero-order valence-electron chi connectivity index (χ0n) is 44.7. The van der Waals surface area contributed by atoms with Gasteiger partial charge in [-0.25, -0.2) is 4.98 Å². The second kappa shape index (κ2) is 16.7. The van der Waals surface area contributed by atoms with Crippen LogP contribution in [0.3, 0.4) is 0 Å². The van der Waals surface area contributed by atoms with Crippen molar-refractivity contribution in [3.63, 3.8) is 0 Å². The van der Waals surface area contributed by atoms with Gasteiger partial charge in [0.15, 0.2) is 0 Å². The molecule has 1 N–H and O–H groups in total. The molecule has 0 saturated heterocycles. The Kier molecular flexibility index (Phi) is 9.97. The van der Waals surface area contributed by atoms with Gasteiger partial charge in [0.2, 0.25) is 0 Å². The quantitative estimate of drug-likeness (QED) is 0.149. The van der Waals surface area contributed by atoms with E-state index in [4.69, 9.17) is 16.8 Å². The van der Waals surface area contributed by atoms with Crippen molar-refractivity contribution >= 4 is 11.0 Å². The summed E-state index contributed by atoms with van der Waals surface area (Å²) in [6.45, 7) is 26.5. The Balaban J connectivity index is 1.47. The Labute approximate surface area is 389 Å². The Hall–Kier alpha value is -6.26. The van der Waals surface area contributed by atoms with Crippen molar-refractivity contribution in [1.82, 2.24) is 14.5 Å². The number of nitrogens with zero attached hydrogens (tertiary/aromatic N) is 3. The lowest BCUT2D eigenvalue weighted by Gasteiger charge is -2.31. The first-order valence-electron chi connectivity index (χ1n) is 25.2. The highest BCUT2D eigenvalue weighted by Crippen LogP contribution is 2.47. The molecule has 0 bridgehead atoms. The molecular formula is C60H65N3O. The third-order valence-electron chi connectivity index (χ3n) is 13.5. The highest BCUT2D eigenvalue weighted by atomic mass is 16.3. The summed E-state index contributed by atoms with van der Waals surface area (Å²) in [4.78, 5) is 10.5. The first kappa shape index (κ1) is 38.2. The Bertz CT molecular complexity index is 3250. The van der Waals surface area contributed by atoms with Crippen molar-refractivity contribution in [1.29, 1.82) is 0 Å². The molecule has 0 aliphatic heterocycles. The number of aromatic hydroxyl groups is 1. The minimum absolute atomic E-state index is 0.118. The molecule has 0 fully saturated rings. The summed E-state index contributed by atoms with van der Waals surface area (Å²) in [5, 5.41) is 12.7. The van der Waals surface area contributed by atoms with E-state index in [9.17, 15) is 5.11 Å². The van der Waals surface area contributed by atoms with E-state index in [0.29, 0.717) is 22.6 Å². The Morgan fingerprint density at radius 1 is 0.547 bits per heavy atom. The fourth-order valence-corrected chi connectivity index (χ4v) is 8.41. The van der Waals surface area contributed by atoms with Gasteiger partial charge in [0.25, 0.3) is 0 Å². The number of imidazole rings is 1. The number of para-hydroxylation sites is 1. The van der Waals surface area contributed by atoms with Gasteiger partial charge in [0.05, 0.1) is 34.8 Å². The maximum Gasteiger partial charge on any atom is 0.149 e. The fourth-order valence-electron chi connectivity index (χ4n) is 8.41. The minimum atomic E-state index is -0.429. The molecule has 0 saturated carbocycles. The Morgan fingerprint density at radius 3 is 1.89 bits per heavy atom. The van der Waals surface area contributed by atoms with Gasteiger partial charge in [-0.1, -0.05) is 174 Å². The lowest BCUT2D eigenvalue weighted by atomic mass is 9.75. The number of hydrogen-bond acceptors (Lipinski definition) is 3. The van der Waals surface area contributed by atoms with Gasteiger partial charge in [-0.05, 0) is 122 Å². The predicted molar refractivity (Wildman–Crippen MR) is 272 cm³/mol. The molecule has 2 heterocycles. The molecule has 2 aromatic heterocycles. The zero-order valence-corrected chi connectivity index (χ0v) is 39.7. The second-order valence-electron chi connectivity index (χ2n) is 20.7. The van der Waals surface area contributed by atoms with E-state index in [0.717, 1.165) is 74.1 Å². The predicted octanol–water partition coefficient (Wildman–Crippen LogP) is 16.4. The number of pyridine rings is 1. The van der Waals surface area contributed by atoms with Crippen LogP contribution >= 0.6 is 0 Å².